The predicted octanol–water partition coefficient (Wildman–Crippen LogP) is -0.231. The van der Waals surface area contributed by atoms with Crippen LogP contribution in [0.5, 0.6) is 0 Å². The van der Waals surface area contributed by atoms with Crippen LogP contribution in [0.4, 0.5) is 0 Å². The largest absolute Gasteiger partial charge is 0.271 e. The van der Waals surface area contributed by atoms with Gasteiger partial charge >= 0.3 is 0 Å². The smallest absolute Gasteiger partial charge is 0.207 e. The highest BCUT2D eigenvalue weighted by atomic mass is 32.2. The van der Waals surface area contributed by atoms with Crippen molar-refractivity contribution >= 4 is 35.8 Å². The summed E-state index contributed by atoms with van der Waals surface area (Å²) in [6.07, 6.45) is 0. The second-order valence-corrected chi connectivity index (χ2v) is 3.34. The molecule has 0 saturated carbocycles. The van der Waals surface area contributed by atoms with Crippen molar-refractivity contribution in [1.82, 2.24) is 15.0 Å². The highest BCUT2D eigenvalue weighted by Crippen LogP contribution is 2.14. The van der Waals surface area contributed by atoms with Crippen LogP contribution in [0.15, 0.2) is 15.5 Å². The summed E-state index contributed by atoms with van der Waals surface area (Å²) in [5.74, 6) is 0. The summed E-state index contributed by atoms with van der Waals surface area (Å²) in [5, 5.41) is 17.0. The fraction of sp³-hybridized carbons (Fsp3) is 0. The maximum absolute atomic E-state index is 5.26. The predicted molar refractivity (Wildman–Crippen MR) is 50.0 cm³/mol. The number of nitrogens with zero attached hydrogens (tertiary/aromatic N) is 3. The molecule has 12 heavy (non-hydrogen) atoms. The molecule has 0 aliphatic rings. The van der Waals surface area contributed by atoms with E-state index in [9.17, 15) is 0 Å². The summed E-state index contributed by atoms with van der Waals surface area (Å²) in [7, 11) is 0. The third-order valence-electron chi connectivity index (χ3n) is 0.890. The van der Waals surface area contributed by atoms with E-state index >= 15 is 0 Å². The molecule has 0 fully saturated rings. The Kier molecular flexibility index (Phi) is 4.05. The van der Waals surface area contributed by atoms with Crippen LogP contribution in [0.2, 0.25) is 0 Å². The van der Waals surface area contributed by atoms with E-state index < -0.39 is 0 Å². The van der Waals surface area contributed by atoms with Crippen LogP contribution >= 0.6 is 35.8 Å². The molecule has 0 aliphatic heterocycles. The van der Waals surface area contributed by atoms with Crippen molar-refractivity contribution in [3.63, 3.8) is 0 Å². The molecule has 0 bridgehead atoms. The molecule has 0 amide bonds. The molecule has 1 aromatic rings. The van der Waals surface area contributed by atoms with Crippen LogP contribution in [0, 0.1) is 0 Å². The van der Waals surface area contributed by atoms with Crippen LogP contribution in [-0.2, 0) is 0 Å². The Morgan fingerprint density at radius 1 is 0.667 bits per heavy atom. The molecular weight excluding hydrogens is 216 g/mol. The van der Waals surface area contributed by atoms with E-state index in [1.807, 2.05) is 0 Å². The zero-order valence-electron chi connectivity index (χ0n) is 5.80. The summed E-state index contributed by atoms with van der Waals surface area (Å²) in [6, 6.07) is 0. The van der Waals surface area contributed by atoms with Crippen molar-refractivity contribution in [2.45, 2.75) is 15.5 Å². The lowest BCUT2D eigenvalue weighted by molar-refractivity contribution is 0.718. The summed E-state index contributed by atoms with van der Waals surface area (Å²) in [4.78, 5) is 11.7. The highest BCUT2D eigenvalue weighted by Gasteiger charge is 2.04. The second kappa shape index (κ2) is 4.84. The molecule has 1 aromatic heterocycles. The molecule has 0 unspecified atom stereocenters. The standard InChI is InChI=1S/C3H6N6S3/c4-10-1-7-2(11-5)9-3(8-1)12-6/h4-6H2. The van der Waals surface area contributed by atoms with Gasteiger partial charge in [-0.05, 0) is 35.8 Å². The summed E-state index contributed by atoms with van der Waals surface area (Å²) >= 11 is 2.78. The molecule has 6 N–H and O–H groups in total. The Morgan fingerprint density at radius 3 is 1.08 bits per heavy atom. The zero-order valence-corrected chi connectivity index (χ0v) is 8.25. The minimum absolute atomic E-state index is 0.408. The molecule has 0 aliphatic carbocycles. The molecule has 0 atom stereocenters. The molecule has 1 heterocycles. The van der Waals surface area contributed by atoms with Crippen molar-refractivity contribution in [3.05, 3.63) is 0 Å². The lowest BCUT2D eigenvalue weighted by Crippen LogP contribution is -2.00. The zero-order chi connectivity index (χ0) is 8.97. The van der Waals surface area contributed by atoms with E-state index in [1.54, 1.807) is 0 Å². The van der Waals surface area contributed by atoms with Gasteiger partial charge in [-0.15, -0.1) is 0 Å². The average Bonchev–Trinajstić information content (AvgIpc) is 2.16. The molecule has 9 heteroatoms. The van der Waals surface area contributed by atoms with Crippen molar-refractivity contribution in [1.29, 1.82) is 0 Å². The summed E-state index contributed by atoms with van der Waals surface area (Å²) in [5.41, 5.74) is 0. The molecule has 0 saturated heterocycles. The van der Waals surface area contributed by atoms with E-state index in [2.05, 4.69) is 15.0 Å². The number of hydrogen-bond acceptors (Lipinski definition) is 9. The van der Waals surface area contributed by atoms with Crippen molar-refractivity contribution < 1.29 is 0 Å². The van der Waals surface area contributed by atoms with E-state index in [1.165, 1.54) is 0 Å². The van der Waals surface area contributed by atoms with Gasteiger partial charge in [-0.2, -0.15) is 15.0 Å². The van der Waals surface area contributed by atoms with Gasteiger partial charge in [0, 0.05) is 0 Å². The van der Waals surface area contributed by atoms with Crippen molar-refractivity contribution in [2.75, 3.05) is 0 Å². The SMILES string of the molecule is NSc1nc(SN)nc(SN)n1. The van der Waals surface area contributed by atoms with Gasteiger partial charge in [0.15, 0.2) is 0 Å². The first-order valence-corrected chi connectivity index (χ1v) is 5.30. The summed E-state index contributed by atoms with van der Waals surface area (Å²) in [6.45, 7) is 0. The third kappa shape index (κ3) is 2.47. The van der Waals surface area contributed by atoms with Gasteiger partial charge < -0.3 is 0 Å². The van der Waals surface area contributed by atoms with Gasteiger partial charge in [0.1, 0.15) is 0 Å². The fourth-order valence-corrected chi connectivity index (χ4v) is 1.49. The summed E-state index contributed by atoms with van der Waals surface area (Å²) < 4.78 is 0. The van der Waals surface area contributed by atoms with Gasteiger partial charge in [0.25, 0.3) is 0 Å². The third-order valence-corrected chi connectivity index (χ3v) is 2.07. The topological polar surface area (TPSA) is 117 Å². The minimum atomic E-state index is 0.408. The number of rotatable bonds is 3. The van der Waals surface area contributed by atoms with Crippen LogP contribution in [-0.4, -0.2) is 15.0 Å². The maximum Gasteiger partial charge on any atom is 0.207 e. The van der Waals surface area contributed by atoms with E-state index in [0.29, 0.717) is 15.5 Å². The maximum atomic E-state index is 5.26. The fourth-order valence-electron chi connectivity index (χ4n) is 0.479. The monoisotopic (exact) mass is 222 g/mol. The Balaban J connectivity index is 3.01. The van der Waals surface area contributed by atoms with Crippen LogP contribution < -0.4 is 15.4 Å². The minimum Gasteiger partial charge on any atom is -0.271 e. The molecule has 6 nitrogen and oxygen atoms in total. The first-order valence-electron chi connectivity index (χ1n) is 2.66. The van der Waals surface area contributed by atoms with Crippen LogP contribution in [0.1, 0.15) is 0 Å². The van der Waals surface area contributed by atoms with E-state index in [4.69, 9.17) is 15.4 Å². The normalized spacial score (nSPS) is 10.2. The molecule has 0 radical (unpaired) electrons. The molecular formula is C3H6N6S3. The van der Waals surface area contributed by atoms with Gasteiger partial charge in [-0.1, -0.05) is 0 Å². The van der Waals surface area contributed by atoms with Gasteiger partial charge in [0.2, 0.25) is 15.5 Å². The Morgan fingerprint density at radius 2 is 0.917 bits per heavy atom. The Labute approximate surface area is 81.9 Å². The van der Waals surface area contributed by atoms with Crippen molar-refractivity contribution in [3.8, 4) is 0 Å². The van der Waals surface area contributed by atoms with Gasteiger partial charge in [-0.25, -0.2) is 0 Å². The van der Waals surface area contributed by atoms with Gasteiger partial charge in [0.05, 0.1) is 0 Å². The first kappa shape index (κ1) is 10.0. The molecule has 66 valence electrons. The van der Waals surface area contributed by atoms with Crippen LogP contribution in [0.25, 0.3) is 0 Å². The molecule has 1 rings (SSSR count). The quantitative estimate of drug-likeness (QED) is 0.596. The molecule has 0 aromatic carbocycles. The second-order valence-electron chi connectivity index (χ2n) is 1.54. The van der Waals surface area contributed by atoms with E-state index in [0.717, 1.165) is 35.8 Å². The van der Waals surface area contributed by atoms with Crippen molar-refractivity contribution in [2.24, 2.45) is 15.4 Å². The first-order chi connectivity index (χ1) is 5.80. The Hall–Kier alpha value is -0.0600. The number of hydrogen-bond donors (Lipinski definition) is 3. The average molecular weight is 222 g/mol. The lowest BCUT2D eigenvalue weighted by atomic mass is 11.1. The lowest BCUT2D eigenvalue weighted by Gasteiger charge is -1.99. The molecule has 0 spiro atoms. The highest BCUT2D eigenvalue weighted by molar-refractivity contribution is 7.98. The Bertz CT molecular complexity index is 211. The van der Waals surface area contributed by atoms with E-state index in [-0.39, 0.29) is 0 Å². The number of nitrogens with two attached hydrogens (primary N) is 3. The van der Waals surface area contributed by atoms with Crippen LogP contribution in [0.3, 0.4) is 0 Å². The van der Waals surface area contributed by atoms with Gasteiger partial charge in [-0.3, -0.25) is 15.4 Å². The number of aromatic nitrogens is 3.